The molecule has 1 rings (SSSR count). The van der Waals surface area contributed by atoms with Gasteiger partial charge in [-0.15, -0.1) is 0 Å². The first-order valence-corrected chi connectivity index (χ1v) is 6.24. The van der Waals surface area contributed by atoms with E-state index in [4.69, 9.17) is 0 Å². The molecule has 0 saturated carbocycles. The fourth-order valence-electron chi connectivity index (χ4n) is 1.46. The summed E-state index contributed by atoms with van der Waals surface area (Å²) < 4.78 is 0. The highest BCUT2D eigenvalue weighted by Gasteiger charge is 2.04. The van der Waals surface area contributed by atoms with E-state index in [9.17, 15) is 14.9 Å². The summed E-state index contributed by atoms with van der Waals surface area (Å²) in [7, 11) is 0. The summed E-state index contributed by atoms with van der Waals surface area (Å²) >= 11 is 0. The molecule has 0 bridgehead atoms. The predicted octanol–water partition coefficient (Wildman–Crippen LogP) is 2.09. The van der Waals surface area contributed by atoms with Gasteiger partial charge in [0.15, 0.2) is 0 Å². The highest BCUT2D eigenvalue weighted by molar-refractivity contribution is 5.73. The second kappa shape index (κ2) is 7.35. The zero-order valence-electron chi connectivity index (χ0n) is 11.2. The molecule has 2 amide bonds. The van der Waals surface area contributed by atoms with Crippen LogP contribution in [0.25, 0.3) is 0 Å². The van der Waals surface area contributed by atoms with Gasteiger partial charge in [-0.05, 0) is 17.9 Å². The molecule has 0 aliphatic heterocycles. The number of benzene rings is 1. The van der Waals surface area contributed by atoms with Gasteiger partial charge in [-0.1, -0.05) is 26.0 Å². The van der Waals surface area contributed by atoms with Crippen LogP contribution in [0.15, 0.2) is 24.3 Å². The zero-order valence-corrected chi connectivity index (χ0v) is 11.2. The van der Waals surface area contributed by atoms with Crippen LogP contribution in [-0.4, -0.2) is 24.0 Å². The van der Waals surface area contributed by atoms with Crippen LogP contribution >= 0.6 is 0 Å². The molecule has 0 heterocycles. The van der Waals surface area contributed by atoms with Crippen molar-refractivity contribution in [3.63, 3.8) is 0 Å². The van der Waals surface area contributed by atoms with Crippen molar-refractivity contribution in [3.05, 3.63) is 39.9 Å². The highest BCUT2D eigenvalue weighted by atomic mass is 16.6. The molecule has 0 fully saturated rings. The number of non-ortho nitro benzene ring substituents is 1. The van der Waals surface area contributed by atoms with E-state index in [1.54, 1.807) is 12.1 Å². The summed E-state index contributed by atoms with van der Waals surface area (Å²) in [5.74, 6) is 0.417. The Morgan fingerprint density at radius 3 is 2.42 bits per heavy atom. The average Bonchev–Trinajstić information content (AvgIpc) is 2.37. The fourth-order valence-corrected chi connectivity index (χ4v) is 1.46. The van der Waals surface area contributed by atoms with Gasteiger partial charge in [0.1, 0.15) is 0 Å². The Kier molecular flexibility index (Phi) is 5.78. The first kappa shape index (κ1) is 14.9. The predicted molar refractivity (Wildman–Crippen MR) is 73.0 cm³/mol. The van der Waals surface area contributed by atoms with Gasteiger partial charge in [0.2, 0.25) is 0 Å². The molecule has 0 saturated heterocycles. The van der Waals surface area contributed by atoms with E-state index in [2.05, 4.69) is 10.6 Å². The fraction of sp³-hybridized carbons (Fsp3) is 0.462. The van der Waals surface area contributed by atoms with Crippen molar-refractivity contribution >= 4 is 11.7 Å². The molecule has 1 aromatic rings. The summed E-state index contributed by atoms with van der Waals surface area (Å²) in [6.07, 6.45) is 0.646. The Morgan fingerprint density at radius 1 is 1.26 bits per heavy atom. The van der Waals surface area contributed by atoms with Gasteiger partial charge >= 0.3 is 6.03 Å². The standard InChI is InChI=1S/C13H19N3O3/c1-10(2)9-15-13(17)14-8-7-11-3-5-12(6-4-11)16(18)19/h3-6,10H,7-9H2,1-2H3,(H2,14,15,17). The number of carbonyl (C=O) groups is 1. The van der Waals surface area contributed by atoms with Crippen molar-refractivity contribution in [1.29, 1.82) is 0 Å². The van der Waals surface area contributed by atoms with Gasteiger partial charge in [-0.2, -0.15) is 0 Å². The van der Waals surface area contributed by atoms with Crippen molar-refractivity contribution in [2.75, 3.05) is 13.1 Å². The lowest BCUT2D eigenvalue weighted by atomic mass is 10.1. The molecule has 0 atom stereocenters. The number of nitrogens with one attached hydrogen (secondary N) is 2. The normalized spacial score (nSPS) is 10.3. The third-order valence-electron chi connectivity index (χ3n) is 2.52. The number of urea groups is 1. The Labute approximate surface area is 112 Å². The molecule has 2 N–H and O–H groups in total. The number of nitro benzene ring substituents is 1. The van der Waals surface area contributed by atoms with Gasteiger partial charge < -0.3 is 10.6 Å². The van der Waals surface area contributed by atoms with Gasteiger partial charge in [-0.3, -0.25) is 10.1 Å². The molecule has 0 unspecified atom stereocenters. The van der Waals surface area contributed by atoms with Crippen LogP contribution in [0, 0.1) is 16.0 Å². The first-order chi connectivity index (χ1) is 8.99. The molecule has 0 aliphatic carbocycles. The van der Waals surface area contributed by atoms with E-state index in [0.29, 0.717) is 25.4 Å². The molecule has 6 nitrogen and oxygen atoms in total. The number of nitro groups is 1. The molecule has 1 aromatic carbocycles. The van der Waals surface area contributed by atoms with E-state index in [1.807, 2.05) is 13.8 Å². The average molecular weight is 265 g/mol. The monoisotopic (exact) mass is 265 g/mol. The Balaban J connectivity index is 2.29. The van der Waals surface area contributed by atoms with Crippen LogP contribution in [0.2, 0.25) is 0 Å². The maximum absolute atomic E-state index is 11.4. The van der Waals surface area contributed by atoms with Crippen molar-refractivity contribution in [2.45, 2.75) is 20.3 Å². The molecule has 0 aliphatic rings. The first-order valence-electron chi connectivity index (χ1n) is 6.24. The minimum atomic E-state index is -0.429. The maximum Gasteiger partial charge on any atom is 0.314 e. The van der Waals surface area contributed by atoms with Gasteiger partial charge in [-0.25, -0.2) is 4.79 Å². The number of hydrogen-bond donors (Lipinski definition) is 2. The van der Waals surface area contributed by atoms with Gasteiger partial charge in [0.25, 0.3) is 5.69 Å². The second-order valence-corrected chi connectivity index (χ2v) is 4.70. The van der Waals surface area contributed by atoms with E-state index in [-0.39, 0.29) is 11.7 Å². The molecule has 0 radical (unpaired) electrons. The lowest BCUT2D eigenvalue weighted by Gasteiger charge is -2.09. The number of hydrogen-bond acceptors (Lipinski definition) is 3. The molecule has 0 aromatic heterocycles. The third-order valence-corrected chi connectivity index (χ3v) is 2.52. The second-order valence-electron chi connectivity index (χ2n) is 4.70. The molecule has 0 spiro atoms. The summed E-state index contributed by atoms with van der Waals surface area (Å²) in [6.45, 7) is 5.19. The molecule has 104 valence electrons. The summed E-state index contributed by atoms with van der Waals surface area (Å²) in [5.41, 5.74) is 1.03. The summed E-state index contributed by atoms with van der Waals surface area (Å²) in [4.78, 5) is 21.4. The minimum Gasteiger partial charge on any atom is -0.338 e. The topological polar surface area (TPSA) is 84.3 Å². The van der Waals surface area contributed by atoms with Crippen LogP contribution in [0.5, 0.6) is 0 Å². The summed E-state index contributed by atoms with van der Waals surface area (Å²) in [6, 6.07) is 6.15. The third kappa shape index (κ3) is 5.85. The Hall–Kier alpha value is -2.11. The minimum absolute atomic E-state index is 0.0754. The summed E-state index contributed by atoms with van der Waals surface area (Å²) in [5, 5.41) is 16.0. The SMILES string of the molecule is CC(C)CNC(=O)NCCc1ccc([N+](=O)[O-])cc1. The van der Waals surface area contributed by atoms with Gasteiger partial charge in [0, 0.05) is 25.2 Å². The van der Waals surface area contributed by atoms with Crippen LogP contribution in [0.1, 0.15) is 19.4 Å². The largest absolute Gasteiger partial charge is 0.338 e. The highest BCUT2D eigenvalue weighted by Crippen LogP contribution is 2.11. The quantitative estimate of drug-likeness (QED) is 0.610. The van der Waals surface area contributed by atoms with Crippen LogP contribution < -0.4 is 10.6 Å². The molecular formula is C13H19N3O3. The van der Waals surface area contributed by atoms with Crippen molar-refractivity contribution < 1.29 is 9.72 Å². The van der Waals surface area contributed by atoms with Crippen LogP contribution in [0.4, 0.5) is 10.5 Å². The molecule has 19 heavy (non-hydrogen) atoms. The van der Waals surface area contributed by atoms with Crippen molar-refractivity contribution in [3.8, 4) is 0 Å². The van der Waals surface area contributed by atoms with Crippen molar-refractivity contribution in [2.24, 2.45) is 5.92 Å². The maximum atomic E-state index is 11.4. The molecule has 6 heteroatoms. The van der Waals surface area contributed by atoms with Crippen LogP contribution in [-0.2, 0) is 6.42 Å². The lowest BCUT2D eigenvalue weighted by molar-refractivity contribution is -0.384. The smallest absolute Gasteiger partial charge is 0.314 e. The van der Waals surface area contributed by atoms with E-state index < -0.39 is 4.92 Å². The Bertz CT molecular complexity index is 429. The van der Waals surface area contributed by atoms with E-state index >= 15 is 0 Å². The lowest BCUT2D eigenvalue weighted by Crippen LogP contribution is -2.38. The zero-order chi connectivity index (χ0) is 14.3. The van der Waals surface area contributed by atoms with E-state index in [0.717, 1.165) is 5.56 Å². The number of amides is 2. The molecular weight excluding hydrogens is 246 g/mol. The van der Waals surface area contributed by atoms with E-state index in [1.165, 1.54) is 12.1 Å². The van der Waals surface area contributed by atoms with Crippen molar-refractivity contribution in [1.82, 2.24) is 10.6 Å². The van der Waals surface area contributed by atoms with Gasteiger partial charge in [0.05, 0.1) is 4.92 Å². The number of rotatable bonds is 6. The van der Waals surface area contributed by atoms with Crippen LogP contribution in [0.3, 0.4) is 0 Å². The number of carbonyl (C=O) groups excluding carboxylic acids is 1. The number of nitrogens with zero attached hydrogens (tertiary/aromatic N) is 1. The Morgan fingerprint density at radius 2 is 1.89 bits per heavy atom.